The number of carbonyl (C=O) groups is 1. The summed E-state index contributed by atoms with van der Waals surface area (Å²) in [6.45, 7) is 1.96. The third kappa shape index (κ3) is 4.35. The van der Waals surface area contributed by atoms with Crippen molar-refractivity contribution < 1.29 is 9.90 Å². The summed E-state index contributed by atoms with van der Waals surface area (Å²) in [4.78, 5) is 13.8. The molecule has 0 bridgehead atoms. The minimum Gasteiger partial charge on any atom is -0.508 e. The molecule has 0 unspecified atom stereocenters. The SMILES string of the molecule is Cc1ccc(NC(=O)/C(C#N)=C\N(C)c2ccc(O)cc2)cc1. The third-order valence-corrected chi connectivity index (χ3v) is 3.25. The molecule has 0 atom stereocenters. The molecule has 5 nitrogen and oxygen atoms in total. The Morgan fingerprint density at radius 3 is 2.35 bits per heavy atom. The van der Waals surface area contributed by atoms with Gasteiger partial charge in [0.05, 0.1) is 0 Å². The number of nitriles is 1. The maximum Gasteiger partial charge on any atom is 0.267 e. The number of phenolic OH excluding ortho intramolecular Hbond substituents is 1. The molecule has 23 heavy (non-hydrogen) atoms. The van der Waals surface area contributed by atoms with Crippen LogP contribution in [0.1, 0.15) is 5.56 Å². The van der Waals surface area contributed by atoms with E-state index in [0.29, 0.717) is 5.69 Å². The first-order valence-corrected chi connectivity index (χ1v) is 7.01. The molecule has 0 saturated carbocycles. The summed E-state index contributed by atoms with van der Waals surface area (Å²) in [6.07, 6.45) is 1.45. The Bertz CT molecular complexity index is 756. The fourth-order valence-electron chi connectivity index (χ4n) is 1.93. The average molecular weight is 307 g/mol. The Morgan fingerprint density at radius 2 is 1.78 bits per heavy atom. The van der Waals surface area contributed by atoms with Gasteiger partial charge in [0, 0.05) is 24.6 Å². The van der Waals surface area contributed by atoms with E-state index in [-0.39, 0.29) is 11.3 Å². The lowest BCUT2D eigenvalue weighted by molar-refractivity contribution is -0.112. The van der Waals surface area contributed by atoms with Gasteiger partial charge in [0.25, 0.3) is 5.91 Å². The fourth-order valence-corrected chi connectivity index (χ4v) is 1.93. The van der Waals surface area contributed by atoms with Crippen LogP contribution in [0.5, 0.6) is 5.75 Å². The number of anilines is 2. The maximum atomic E-state index is 12.2. The van der Waals surface area contributed by atoms with Crippen molar-refractivity contribution in [2.75, 3.05) is 17.3 Å². The van der Waals surface area contributed by atoms with E-state index in [1.54, 1.807) is 36.2 Å². The predicted octanol–water partition coefficient (Wildman–Crippen LogP) is 3.18. The number of hydrogen-bond acceptors (Lipinski definition) is 4. The molecule has 0 heterocycles. The zero-order valence-electron chi connectivity index (χ0n) is 12.9. The van der Waals surface area contributed by atoms with Crippen molar-refractivity contribution in [3.8, 4) is 11.8 Å². The number of hydrogen-bond donors (Lipinski definition) is 2. The van der Waals surface area contributed by atoms with Gasteiger partial charge >= 0.3 is 0 Å². The average Bonchev–Trinajstić information content (AvgIpc) is 2.55. The van der Waals surface area contributed by atoms with Crippen LogP contribution in [0.2, 0.25) is 0 Å². The number of aryl methyl sites for hydroxylation is 1. The summed E-state index contributed by atoms with van der Waals surface area (Å²) < 4.78 is 0. The topological polar surface area (TPSA) is 76.4 Å². The zero-order chi connectivity index (χ0) is 16.8. The third-order valence-electron chi connectivity index (χ3n) is 3.25. The molecule has 2 N–H and O–H groups in total. The molecule has 2 aromatic rings. The summed E-state index contributed by atoms with van der Waals surface area (Å²) in [5.74, 6) is -0.314. The summed E-state index contributed by atoms with van der Waals surface area (Å²) in [6, 6.07) is 15.7. The lowest BCUT2D eigenvalue weighted by Crippen LogP contribution is -2.17. The van der Waals surface area contributed by atoms with Crippen LogP contribution in [0.15, 0.2) is 60.3 Å². The Labute approximate surface area is 135 Å². The van der Waals surface area contributed by atoms with Gasteiger partial charge < -0.3 is 15.3 Å². The highest BCUT2D eigenvalue weighted by molar-refractivity contribution is 6.06. The number of aromatic hydroxyl groups is 1. The van der Waals surface area contributed by atoms with Crippen LogP contribution < -0.4 is 10.2 Å². The molecular formula is C18H17N3O2. The van der Waals surface area contributed by atoms with Crippen LogP contribution in [0, 0.1) is 18.3 Å². The molecule has 0 spiro atoms. The van der Waals surface area contributed by atoms with Crippen molar-refractivity contribution in [3.63, 3.8) is 0 Å². The van der Waals surface area contributed by atoms with E-state index in [1.807, 2.05) is 25.1 Å². The molecule has 0 aliphatic heterocycles. The number of phenols is 1. The van der Waals surface area contributed by atoms with Crippen LogP contribution in [0.4, 0.5) is 11.4 Å². The van der Waals surface area contributed by atoms with Gasteiger partial charge in [-0.1, -0.05) is 17.7 Å². The molecule has 0 fully saturated rings. The van der Waals surface area contributed by atoms with E-state index in [2.05, 4.69) is 5.32 Å². The van der Waals surface area contributed by atoms with Gasteiger partial charge in [0.15, 0.2) is 0 Å². The standard InChI is InChI=1S/C18H17N3O2/c1-13-3-5-15(6-4-13)20-18(23)14(11-19)12-21(2)16-7-9-17(22)10-8-16/h3-10,12,22H,1-2H3,(H,20,23)/b14-12-. The molecule has 116 valence electrons. The van der Waals surface area contributed by atoms with Gasteiger partial charge in [-0.3, -0.25) is 4.79 Å². The number of benzene rings is 2. The van der Waals surface area contributed by atoms with E-state index in [4.69, 9.17) is 0 Å². The number of nitrogens with one attached hydrogen (secondary N) is 1. The summed E-state index contributed by atoms with van der Waals surface area (Å²) >= 11 is 0. The Hall–Kier alpha value is -3.26. The first-order valence-electron chi connectivity index (χ1n) is 7.01. The van der Waals surface area contributed by atoms with E-state index >= 15 is 0 Å². The molecule has 0 aliphatic carbocycles. The van der Waals surface area contributed by atoms with Crippen molar-refractivity contribution in [2.24, 2.45) is 0 Å². The molecule has 2 rings (SSSR count). The van der Waals surface area contributed by atoms with E-state index in [9.17, 15) is 15.2 Å². The highest BCUT2D eigenvalue weighted by Gasteiger charge is 2.11. The lowest BCUT2D eigenvalue weighted by Gasteiger charge is -2.15. The predicted molar refractivity (Wildman–Crippen MR) is 90.0 cm³/mol. The van der Waals surface area contributed by atoms with Crippen LogP contribution in [-0.2, 0) is 4.79 Å². The lowest BCUT2D eigenvalue weighted by atomic mass is 10.2. The minimum atomic E-state index is -0.470. The van der Waals surface area contributed by atoms with Crippen molar-refractivity contribution in [3.05, 3.63) is 65.9 Å². The largest absolute Gasteiger partial charge is 0.508 e. The van der Waals surface area contributed by atoms with Crippen LogP contribution in [-0.4, -0.2) is 18.1 Å². The number of rotatable bonds is 4. The minimum absolute atomic E-state index is 0.0128. The van der Waals surface area contributed by atoms with Crippen LogP contribution in [0.3, 0.4) is 0 Å². The second-order valence-corrected chi connectivity index (χ2v) is 5.10. The number of carbonyl (C=O) groups excluding carboxylic acids is 1. The fraction of sp³-hybridized carbons (Fsp3) is 0.111. The van der Waals surface area contributed by atoms with Crippen LogP contribution in [0.25, 0.3) is 0 Å². The van der Waals surface area contributed by atoms with Gasteiger partial charge in [-0.25, -0.2) is 0 Å². The molecule has 0 aliphatic rings. The molecule has 2 aromatic carbocycles. The van der Waals surface area contributed by atoms with E-state index < -0.39 is 5.91 Å². The molecule has 0 radical (unpaired) electrons. The Morgan fingerprint density at radius 1 is 1.17 bits per heavy atom. The van der Waals surface area contributed by atoms with Crippen LogP contribution >= 0.6 is 0 Å². The molecule has 0 saturated heterocycles. The number of nitrogens with zero attached hydrogens (tertiary/aromatic N) is 2. The van der Waals surface area contributed by atoms with Crippen molar-refractivity contribution in [2.45, 2.75) is 6.92 Å². The van der Waals surface area contributed by atoms with Gasteiger partial charge in [0.1, 0.15) is 17.4 Å². The molecule has 0 aromatic heterocycles. The normalized spacial score (nSPS) is 10.7. The molecule has 1 amide bonds. The molecular weight excluding hydrogens is 290 g/mol. The quantitative estimate of drug-likeness (QED) is 0.672. The van der Waals surface area contributed by atoms with Gasteiger partial charge in [0.2, 0.25) is 0 Å². The first-order chi connectivity index (χ1) is 11.0. The Balaban J connectivity index is 2.14. The second-order valence-electron chi connectivity index (χ2n) is 5.10. The number of amides is 1. The van der Waals surface area contributed by atoms with Gasteiger partial charge in [-0.2, -0.15) is 5.26 Å². The van der Waals surface area contributed by atoms with Gasteiger partial charge in [-0.05, 0) is 43.3 Å². The summed E-state index contributed by atoms with van der Waals surface area (Å²) in [7, 11) is 1.73. The van der Waals surface area contributed by atoms with E-state index in [1.165, 1.54) is 18.3 Å². The smallest absolute Gasteiger partial charge is 0.267 e. The second kappa shape index (κ2) is 7.14. The van der Waals surface area contributed by atoms with Gasteiger partial charge in [-0.15, -0.1) is 0 Å². The van der Waals surface area contributed by atoms with Crippen molar-refractivity contribution in [1.82, 2.24) is 0 Å². The highest BCUT2D eigenvalue weighted by Crippen LogP contribution is 2.18. The van der Waals surface area contributed by atoms with Crippen molar-refractivity contribution in [1.29, 1.82) is 5.26 Å². The zero-order valence-corrected chi connectivity index (χ0v) is 12.9. The monoisotopic (exact) mass is 307 g/mol. The van der Waals surface area contributed by atoms with E-state index in [0.717, 1.165) is 11.3 Å². The molecule has 5 heteroatoms. The first kappa shape index (κ1) is 16.1. The van der Waals surface area contributed by atoms with Crippen molar-refractivity contribution >= 4 is 17.3 Å². The Kier molecular flexibility index (Phi) is 5.00. The highest BCUT2D eigenvalue weighted by atomic mass is 16.3. The maximum absolute atomic E-state index is 12.2. The summed E-state index contributed by atoms with van der Waals surface area (Å²) in [5.41, 5.74) is 2.46. The summed E-state index contributed by atoms with van der Waals surface area (Å²) in [5, 5.41) is 21.2.